The van der Waals surface area contributed by atoms with Crippen LogP contribution >= 0.6 is 23.1 Å². The van der Waals surface area contributed by atoms with Crippen LogP contribution in [0.2, 0.25) is 0 Å². The summed E-state index contributed by atoms with van der Waals surface area (Å²) < 4.78 is 0. The molecule has 0 aliphatic heterocycles. The van der Waals surface area contributed by atoms with Crippen molar-refractivity contribution in [1.29, 1.82) is 0 Å². The second-order valence-electron chi connectivity index (χ2n) is 5.50. The number of thiophene rings is 1. The Kier molecular flexibility index (Phi) is 7.39. The zero-order valence-corrected chi connectivity index (χ0v) is 15.9. The Morgan fingerprint density at radius 1 is 1.32 bits per heavy atom. The summed E-state index contributed by atoms with van der Waals surface area (Å²) in [4.78, 5) is 43.6. The zero-order chi connectivity index (χ0) is 18.2. The highest BCUT2D eigenvalue weighted by Crippen LogP contribution is 2.21. The van der Waals surface area contributed by atoms with E-state index in [4.69, 9.17) is 0 Å². The molecule has 8 heteroatoms. The zero-order valence-electron chi connectivity index (χ0n) is 14.3. The molecule has 2 aromatic rings. The summed E-state index contributed by atoms with van der Waals surface area (Å²) in [6, 6.07) is 5.21. The number of aromatic amines is 1. The second kappa shape index (κ2) is 9.53. The van der Waals surface area contributed by atoms with Gasteiger partial charge in [-0.25, -0.2) is 4.98 Å². The molecule has 0 saturated carbocycles. The van der Waals surface area contributed by atoms with Gasteiger partial charge in [-0.05, 0) is 25.0 Å². The second-order valence-corrected chi connectivity index (χ2v) is 7.64. The number of aryl methyl sites for hydroxylation is 1. The maximum Gasteiger partial charge on any atom is 0.251 e. The van der Waals surface area contributed by atoms with Gasteiger partial charge in [0.15, 0.2) is 10.9 Å². The first-order valence-electron chi connectivity index (χ1n) is 8.07. The maximum absolute atomic E-state index is 12.3. The molecule has 0 bridgehead atoms. The number of H-pyrrole nitrogens is 1. The third kappa shape index (κ3) is 6.47. The summed E-state index contributed by atoms with van der Waals surface area (Å²) in [5.74, 6) is 0.171. The minimum Gasteiger partial charge on any atom is -0.356 e. The number of carbonyl (C=O) groups is 2. The van der Waals surface area contributed by atoms with E-state index in [1.54, 1.807) is 6.07 Å². The molecule has 0 unspecified atom stereocenters. The van der Waals surface area contributed by atoms with Gasteiger partial charge in [0.25, 0.3) is 5.56 Å². The largest absolute Gasteiger partial charge is 0.356 e. The summed E-state index contributed by atoms with van der Waals surface area (Å²) in [7, 11) is 0. The fraction of sp³-hybridized carbons (Fsp3) is 0.412. The summed E-state index contributed by atoms with van der Waals surface area (Å²) >= 11 is 2.68. The van der Waals surface area contributed by atoms with Crippen LogP contribution in [-0.2, 0) is 17.6 Å². The van der Waals surface area contributed by atoms with Gasteiger partial charge in [-0.3, -0.25) is 14.4 Å². The Morgan fingerprint density at radius 3 is 2.84 bits per heavy atom. The minimum absolute atomic E-state index is 0.00400. The molecular formula is C17H21N3O3S2. The van der Waals surface area contributed by atoms with Crippen LogP contribution in [0.15, 0.2) is 28.2 Å². The molecule has 0 aliphatic rings. The monoisotopic (exact) mass is 379 g/mol. The lowest BCUT2D eigenvalue weighted by atomic mass is 10.2. The number of rotatable bonds is 9. The third-order valence-corrected chi connectivity index (χ3v) is 5.36. The van der Waals surface area contributed by atoms with Crippen molar-refractivity contribution in [1.82, 2.24) is 15.3 Å². The minimum atomic E-state index is -0.190. The molecule has 0 atom stereocenters. The number of hydrogen-bond donors (Lipinski definition) is 2. The number of nitrogens with one attached hydrogen (secondary N) is 2. The van der Waals surface area contributed by atoms with Crippen molar-refractivity contribution in [2.75, 3.05) is 12.3 Å². The van der Waals surface area contributed by atoms with E-state index >= 15 is 0 Å². The van der Waals surface area contributed by atoms with Crippen LogP contribution in [0.4, 0.5) is 0 Å². The van der Waals surface area contributed by atoms with E-state index < -0.39 is 0 Å². The molecule has 25 heavy (non-hydrogen) atoms. The van der Waals surface area contributed by atoms with Crippen LogP contribution in [-0.4, -0.2) is 34.0 Å². The smallest absolute Gasteiger partial charge is 0.251 e. The molecule has 6 nitrogen and oxygen atoms in total. The van der Waals surface area contributed by atoms with Crippen LogP contribution in [0.5, 0.6) is 0 Å². The number of thioether (sulfide) groups is 1. The Hall–Kier alpha value is -1.93. The fourth-order valence-corrected chi connectivity index (χ4v) is 3.98. The number of ketones is 1. The van der Waals surface area contributed by atoms with Crippen LogP contribution in [0.3, 0.4) is 0 Å². The number of aromatic nitrogens is 2. The summed E-state index contributed by atoms with van der Waals surface area (Å²) in [6.07, 6.45) is 2.36. The molecule has 0 radical (unpaired) electrons. The topological polar surface area (TPSA) is 91.9 Å². The lowest BCUT2D eigenvalue weighted by molar-refractivity contribution is -0.118. The summed E-state index contributed by atoms with van der Waals surface area (Å²) in [6.45, 7) is 4.07. The van der Waals surface area contributed by atoms with Crippen LogP contribution in [0.1, 0.15) is 40.5 Å². The van der Waals surface area contributed by atoms with Crippen LogP contribution in [0, 0.1) is 0 Å². The number of hydrogen-bond acceptors (Lipinski definition) is 6. The summed E-state index contributed by atoms with van der Waals surface area (Å²) in [5, 5.41) is 3.22. The molecule has 0 fully saturated rings. The van der Waals surface area contributed by atoms with Gasteiger partial charge in [0.2, 0.25) is 5.91 Å². The van der Waals surface area contributed by atoms with Crippen molar-refractivity contribution in [2.45, 2.75) is 38.3 Å². The molecule has 2 heterocycles. The van der Waals surface area contributed by atoms with Gasteiger partial charge < -0.3 is 10.3 Å². The van der Waals surface area contributed by atoms with E-state index in [2.05, 4.69) is 15.3 Å². The average molecular weight is 380 g/mol. The molecule has 0 aromatic carbocycles. The van der Waals surface area contributed by atoms with Crippen LogP contribution in [0.25, 0.3) is 0 Å². The fourth-order valence-electron chi connectivity index (χ4n) is 2.16. The predicted octanol–water partition coefficient (Wildman–Crippen LogP) is 2.44. The van der Waals surface area contributed by atoms with Gasteiger partial charge >= 0.3 is 0 Å². The molecule has 0 saturated heterocycles. The number of amides is 1. The molecule has 0 aliphatic carbocycles. The van der Waals surface area contributed by atoms with Gasteiger partial charge in [0.1, 0.15) is 0 Å². The van der Waals surface area contributed by atoms with Gasteiger partial charge in [-0.2, -0.15) is 0 Å². The van der Waals surface area contributed by atoms with Gasteiger partial charge in [0, 0.05) is 30.1 Å². The first-order valence-corrected chi connectivity index (χ1v) is 9.87. The van der Waals surface area contributed by atoms with E-state index in [0.29, 0.717) is 23.0 Å². The van der Waals surface area contributed by atoms with Crippen molar-refractivity contribution < 1.29 is 9.59 Å². The normalized spacial score (nSPS) is 10.6. The first-order chi connectivity index (χ1) is 12.0. The van der Waals surface area contributed by atoms with Gasteiger partial charge in [-0.1, -0.05) is 25.1 Å². The quantitative estimate of drug-likeness (QED) is 0.397. The van der Waals surface area contributed by atoms with Crippen molar-refractivity contribution >= 4 is 34.8 Å². The average Bonchev–Trinajstić information content (AvgIpc) is 3.01. The van der Waals surface area contributed by atoms with E-state index in [0.717, 1.165) is 23.4 Å². The Morgan fingerprint density at radius 2 is 2.12 bits per heavy atom. The van der Waals surface area contributed by atoms with E-state index in [1.807, 2.05) is 13.0 Å². The number of carbonyl (C=O) groups excluding carboxylic acids is 2. The van der Waals surface area contributed by atoms with E-state index in [1.165, 1.54) is 36.1 Å². The molecule has 2 N–H and O–H groups in total. The SMILES string of the molecule is CCCc1cc(=O)[nH]c(SCC(=O)c2ccc(CCNC(C)=O)s2)n1. The van der Waals surface area contributed by atoms with Gasteiger partial charge in [-0.15, -0.1) is 11.3 Å². The highest BCUT2D eigenvalue weighted by Gasteiger charge is 2.11. The van der Waals surface area contributed by atoms with E-state index in [-0.39, 0.29) is 23.0 Å². The van der Waals surface area contributed by atoms with Crippen molar-refractivity contribution in [2.24, 2.45) is 0 Å². The molecule has 1 amide bonds. The Bertz CT molecular complexity index is 798. The highest BCUT2D eigenvalue weighted by molar-refractivity contribution is 7.99. The molecule has 134 valence electrons. The first kappa shape index (κ1) is 19.4. The Labute approximate surface area is 154 Å². The molecular weight excluding hydrogens is 358 g/mol. The van der Waals surface area contributed by atoms with Gasteiger partial charge in [0.05, 0.1) is 10.6 Å². The maximum atomic E-state index is 12.3. The lowest BCUT2D eigenvalue weighted by Gasteiger charge is -2.02. The molecule has 2 rings (SSSR count). The van der Waals surface area contributed by atoms with Crippen LogP contribution < -0.4 is 10.9 Å². The van der Waals surface area contributed by atoms with E-state index in [9.17, 15) is 14.4 Å². The number of Topliss-reactive ketones (excluding diaryl/α,β-unsaturated/α-hetero) is 1. The van der Waals surface area contributed by atoms with Crippen molar-refractivity contribution in [3.05, 3.63) is 44.0 Å². The number of nitrogens with zero attached hydrogens (tertiary/aromatic N) is 1. The Balaban J connectivity index is 1.91. The highest BCUT2D eigenvalue weighted by atomic mass is 32.2. The lowest BCUT2D eigenvalue weighted by Crippen LogP contribution is -2.22. The molecule has 0 spiro atoms. The predicted molar refractivity (Wildman–Crippen MR) is 101 cm³/mol. The standard InChI is InChI=1S/C17H21N3O3S2/c1-3-4-12-9-16(23)20-17(19-12)24-10-14(22)15-6-5-13(25-15)7-8-18-11(2)21/h5-6,9H,3-4,7-8,10H2,1-2H3,(H,18,21)(H,19,20,23). The van der Waals surface area contributed by atoms with Crippen molar-refractivity contribution in [3.8, 4) is 0 Å². The third-order valence-electron chi connectivity index (χ3n) is 3.30. The molecule has 2 aromatic heterocycles. The van der Waals surface area contributed by atoms with Crippen molar-refractivity contribution in [3.63, 3.8) is 0 Å². The summed E-state index contributed by atoms with van der Waals surface area (Å²) in [5.41, 5.74) is 0.558.